The number of carbonyl (C=O) groups excluding carboxylic acids is 2. The van der Waals surface area contributed by atoms with Crippen LogP contribution in [0.1, 0.15) is 69.7 Å². The van der Waals surface area contributed by atoms with Crippen molar-refractivity contribution in [3.63, 3.8) is 0 Å². The molecule has 1 rings (SSSR count). The van der Waals surface area contributed by atoms with Gasteiger partial charge in [0.2, 0.25) is 5.91 Å². The number of carbonyl (C=O) groups is 2. The van der Waals surface area contributed by atoms with Gasteiger partial charge in [0.25, 0.3) is 5.91 Å². The lowest BCUT2D eigenvalue weighted by molar-refractivity contribution is -0.116. The first-order valence-corrected chi connectivity index (χ1v) is 8.23. The zero-order valence-electron chi connectivity index (χ0n) is 13.9. The van der Waals surface area contributed by atoms with Crippen LogP contribution >= 0.6 is 0 Å². The summed E-state index contributed by atoms with van der Waals surface area (Å²) in [5.74, 6) is -0.108. The number of benzene rings is 1. The molecule has 122 valence electrons. The number of hydrogen-bond donors (Lipinski definition) is 2. The van der Waals surface area contributed by atoms with Gasteiger partial charge in [-0.3, -0.25) is 9.59 Å². The Bertz CT molecular complexity index is 484. The molecule has 0 aromatic heterocycles. The summed E-state index contributed by atoms with van der Waals surface area (Å²) in [6, 6.07) is 7.15. The summed E-state index contributed by atoms with van der Waals surface area (Å²) in [5, 5.41) is 5.70. The number of anilines is 1. The molecule has 22 heavy (non-hydrogen) atoms. The summed E-state index contributed by atoms with van der Waals surface area (Å²) >= 11 is 0. The molecule has 0 bridgehead atoms. The summed E-state index contributed by atoms with van der Waals surface area (Å²) in [6.07, 6.45) is 6.17. The molecular weight excluding hydrogens is 276 g/mol. The highest BCUT2D eigenvalue weighted by Gasteiger charge is 2.08. The first kappa shape index (κ1) is 18.2. The average Bonchev–Trinajstić information content (AvgIpc) is 2.46. The smallest absolute Gasteiger partial charge is 0.251 e. The minimum atomic E-state index is -0.120. The Morgan fingerprint density at radius 3 is 2.50 bits per heavy atom. The lowest BCUT2D eigenvalue weighted by atomic mass is 10.1. The number of unbranched alkanes of at least 4 members (excludes halogenated alkanes) is 4. The van der Waals surface area contributed by atoms with Crippen molar-refractivity contribution in [3.05, 3.63) is 29.8 Å². The molecule has 1 aromatic carbocycles. The highest BCUT2D eigenvalue weighted by molar-refractivity contribution is 5.97. The van der Waals surface area contributed by atoms with Gasteiger partial charge < -0.3 is 10.6 Å². The van der Waals surface area contributed by atoms with Gasteiger partial charge in [0, 0.05) is 23.7 Å². The summed E-state index contributed by atoms with van der Waals surface area (Å²) < 4.78 is 0. The van der Waals surface area contributed by atoms with E-state index in [4.69, 9.17) is 0 Å². The van der Waals surface area contributed by atoms with Crippen molar-refractivity contribution in [2.45, 2.75) is 65.3 Å². The molecule has 0 aliphatic carbocycles. The van der Waals surface area contributed by atoms with Gasteiger partial charge in [0.05, 0.1) is 0 Å². The summed E-state index contributed by atoms with van der Waals surface area (Å²) in [7, 11) is 0. The zero-order chi connectivity index (χ0) is 16.4. The predicted octanol–water partition coefficient (Wildman–Crippen LogP) is 4.12. The SMILES string of the molecule is CCCCCCCC(=O)Nc1cccc(C(=O)NC(C)C)c1. The fourth-order valence-corrected chi connectivity index (χ4v) is 2.20. The summed E-state index contributed by atoms with van der Waals surface area (Å²) in [5.41, 5.74) is 1.24. The Hall–Kier alpha value is -1.84. The Morgan fingerprint density at radius 1 is 1.09 bits per heavy atom. The second kappa shape index (κ2) is 9.98. The third kappa shape index (κ3) is 7.25. The normalized spacial score (nSPS) is 10.5. The van der Waals surface area contributed by atoms with Crippen LogP contribution in [0, 0.1) is 0 Å². The van der Waals surface area contributed by atoms with E-state index in [1.165, 1.54) is 19.3 Å². The van der Waals surface area contributed by atoms with Crippen LogP contribution in [-0.2, 0) is 4.79 Å². The standard InChI is InChI=1S/C18H28N2O2/c1-4-5-6-7-8-12-17(21)20-16-11-9-10-15(13-16)18(22)19-14(2)3/h9-11,13-14H,4-8,12H2,1-3H3,(H,19,22)(H,20,21). The van der Waals surface area contributed by atoms with Crippen molar-refractivity contribution in [2.75, 3.05) is 5.32 Å². The number of hydrogen-bond acceptors (Lipinski definition) is 2. The first-order chi connectivity index (χ1) is 10.5. The van der Waals surface area contributed by atoms with Gasteiger partial charge in [-0.1, -0.05) is 38.7 Å². The van der Waals surface area contributed by atoms with Gasteiger partial charge >= 0.3 is 0 Å². The molecule has 0 fully saturated rings. The maximum Gasteiger partial charge on any atom is 0.251 e. The van der Waals surface area contributed by atoms with E-state index in [1.54, 1.807) is 24.3 Å². The molecule has 0 aliphatic heterocycles. The molecule has 4 heteroatoms. The van der Waals surface area contributed by atoms with Crippen molar-refractivity contribution >= 4 is 17.5 Å². The first-order valence-electron chi connectivity index (χ1n) is 8.23. The Labute approximate surface area is 133 Å². The molecule has 0 saturated carbocycles. The van der Waals surface area contributed by atoms with E-state index in [-0.39, 0.29) is 17.9 Å². The predicted molar refractivity (Wildman–Crippen MR) is 91.0 cm³/mol. The van der Waals surface area contributed by atoms with Crippen LogP contribution in [0.25, 0.3) is 0 Å². The van der Waals surface area contributed by atoms with Gasteiger partial charge in [0.15, 0.2) is 0 Å². The molecule has 0 aliphatic rings. The average molecular weight is 304 g/mol. The van der Waals surface area contributed by atoms with E-state index in [0.29, 0.717) is 17.7 Å². The minimum Gasteiger partial charge on any atom is -0.350 e. The van der Waals surface area contributed by atoms with E-state index < -0.39 is 0 Å². The van der Waals surface area contributed by atoms with Gasteiger partial charge in [-0.15, -0.1) is 0 Å². The fraction of sp³-hybridized carbons (Fsp3) is 0.556. The summed E-state index contributed by atoms with van der Waals surface area (Å²) in [6.45, 7) is 6.01. The molecular formula is C18H28N2O2. The van der Waals surface area contributed by atoms with Crippen molar-refractivity contribution in [3.8, 4) is 0 Å². The number of amides is 2. The van der Waals surface area contributed by atoms with E-state index in [9.17, 15) is 9.59 Å². The summed E-state index contributed by atoms with van der Waals surface area (Å²) in [4.78, 5) is 23.8. The molecule has 0 atom stereocenters. The minimum absolute atomic E-state index is 0.0120. The quantitative estimate of drug-likeness (QED) is 0.674. The highest BCUT2D eigenvalue weighted by atomic mass is 16.2. The molecule has 0 unspecified atom stereocenters. The van der Waals surface area contributed by atoms with Gasteiger partial charge in [-0.05, 0) is 38.5 Å². The fourth-order valence-electron chi connectivity index (χ4n) is 2.20. The zero-order valence-corrected chi connectivity index (χ0v) is 13.9. The molecule has 1 aromatic rings. The maximum atomic E-state index is 11.9. The third-order valence-corrected chi connectivity index (χ3v) is 3.34. The van der Waals surface area contributed by atoms with Gasteiger partial charge in [-0.25, -0.2) is 0 Å². The van der Waals surface area contributed by atoms with Crippen molar-refractivity contribution in [1.82, 2.24) is 5.32 Å². The third-order valence-electron chi connectivity index (χ3n) is 3.34. The Balaban J connectivity index is 2.45. The lowest BCUT2D eigenvalue weighted by Crippen LogP contribution is -2.30. The Morgan fingerprint density at radius 2 is 1.82 bits per heavy atom. The molecule has 4 nitrogen and oxygen atoms in total. The molecule has 0 saturated heterocycles. The van der Waals surface area contributed by atoms with Crippen molar-refractivity contribution < 1.29 is 9.59 Å². The van der Waals surface area contributed by atoms with E-state index in [1.807, 2.05) is 13.8 Å². The van der Waals surface area contributed by atoms with Crippen molar-refractivity contribution in [2.24, 2.45) is 0 Å². The van der Waals surface area contributed by atoms with Crippen LogP contribution in [0.15, 0.2) is 24.3 Å². The maximum absolute atomic E-state index is 11.9. The monoisotopic (exact) mass is 304 g/mol. The van der Waals surface area contributed by atoms with Crippen LogP contribution in [0.5, 0.6) is 0 Å². The second-order valence-electron chi connectivity index (χ2n) is 5.92. The van der Waals surface area contributed by atoms with E-state index in [2.05, 4.69) is 17.6 Å². The van der Waals surface area contributed by atoms with Crippen LogP contribution in [0.2, 0.25) is 0 Å². The van der Waals surface area contributed by atoms with Crippen LogP contribution in [0.4, 0.5) is 5.69 Å². The van der Waals surface area contributed by atoms with Gasteiger partial charge in [-0.2, -0.15) is 0 Å². The van der Waals surface area contributed by atoms with Crippen LogP contribution in [0.3, 0.4) is 0 Å². The van der Waals surface area contributed by atoms with Crippen LogP contribution in [-0.4, -0.2) is 17.9 Å². The molecule has 2 N–H and O–H groups in total. The number of nitrogens with one attached hydrogen (secondary N) is 2. The van der Waals surface area contributed by atoms with Crippen LogP contribution < -0.4 is 10.6 Å². The molecule has 0 spiro atoms. The number of rotatable bonds is 9. The topological polar surface area (TPSA) is 58.2 Å². The second-order valence-corrected chi connectivity index (χ2v) is 5.92. The molecule has 2 amide bonds. The lowest BCUT2D eigenvalue weighted by Gasteiger charge is -2.10. The molecule has 0 heterocycles. The van der Waals surface area contributed by atoms with E-state index in [0.717, 1.165) is 12.8 Å². The highest BCUT2D eigenvalue weighted by Crippen LogP contribution is 2.12. The van der Waals surface area contributed by atoms with Crippen molar-refractivity contribution in [1.29, 1.82) is 0 Å². The molecule has 0 radical (unpaired) electrons. The van der Waals surface area contributed by atoms with E-state index >= 15 is 0 Å². The Kier molecular flexibility index (Phi) is 8.26. The largest absolute Gasteiger partial charge is 0.350 e. The van der Waals surface area contributed by atoms with Gasteiger partial charge in [0.1, 0.15) is 0 Å².